The second kappa shape index (κ2) is 9.14. The molecule has 2 aromatic heterocycles. The second-order valence-corrected chi connectivity index (χ2v) is 11.0. The van der Waals surface area contributed by atoms with Gasteiger partial charge in [-0.2, -0.15) is 4.31 Å². The zero-order valence-corrected chi connectivity index (χ0v) is 19.9. The highest BCUT2D eigenvalue weighted by Gasteiger charge is 2.28. The third-order valence-electron chi connectivity index (χ3n) is 5.43. The van der Waals surface area contributed by atoms with Gasteiger partial charge in [0.05, 0.1) is 24.7 Å². The molecule has 0 aliphatic carbocycles. The van der Waals surface area contributed by atoms with Crippen molar-refractivity contribution in [1.82, 2.24) is 18.8 Å². The van der Waals surface area contributed by atoms with Gasteiger partial charge >= 0.3 is 0 Å². The summed E-state index contributed by atoms with van der Waals surface area (Å²) in [6.07, 6.45) is 3.50. The first kappa shape index (κ1) is 22.7. The molecule has 0 unspecified atom stereocenters. The molecule has 32 heavy (non-hydrogen) atoms. The van der Waals surface area contributed by atoms with Crippen molar-refractivity contribution in [1.29, 1.82) is 0 Å². The lowest BCUT2D eigenvalue weighted by Crippen LogP contribution is -2.40. The molecule has 1 amide bonds. The number of aromatic nitrogens is 2. The number of carbonyl (C=O) groups excluding carboxylic acids is 1. The van der Waals surface area contributed by atoms with E-state index >= 15 is 0 Å². The van der Waals surface area contributed by atoms with E-state index in [0.717, 1.165) is 15.6 Å². The van der Waals surface area contributed by atoms with Gasteiger partial charge in [-0.05, 0) is 42.8 Å². The van der Waals surface area contributed by atoms with Crippen LogP contribution >= 0.6 is 11.3 Å². The van der Waals surface area contributed by atoms with Gasteiger partial charge in [0.25, 0.3) is 5.91 Å². The molecule has 3 aromatic rings. The molecule has 0 atom stereocenters. The van der Waals surface area contributed by atoms with Crippen LogP contribution in [0.1, 0.15) is 21.1 Å². The van der Waals surface area contributed by atoms with Crippen LogP contribution in [-0.2, 0) is 28.4 Å². The van der Waals surface area contributed by atoms with Crippen molar-refractivity contribution < 1.29 is 17.9 Å². The minimum atomic E-state index is -3.75. The number of thiophene rings is 1. The minimum Gasteiger partial charge on any atom is -0.379 e. The van der Waals surface area contributed by atoms with Gasteiger partial charge in [0.1, 0.15) is 5.82 Å². The fourth-order valence-electron chi connectivity index (χ4n) is 3.59. The molecule has 10 heteroatoms. The topological polar surface area (TPSA) is 84.7 Å². The molecule has 0 saturated carbocycles. The number of nitrogens with zero attached hydrogens (tertiary/aromatic N) is 4. The molecule has 1 aromatic carbocycles. The number of imidazole rings is 1. The van der Waals surface area contributed by atoms with Crippen LogP contribution in [0, 0.1) is 6.92 Å². The lowest BCUT2D eigenvalue weighted by Gasteiger charge is -2.26. The molecular weight excluding hydrogens is 448 g/mol. The Kier molecular flexibility index (Phi) is 6.47. The largest absolute Gasteiger partial charge is 0.379 e. The van der Waals surface area contributed by atoms with Crippen LogP contribution in [0.15, 0.2) is 47.6 Å². The van der Waals surface area contributed by atoms with Crippen LogP contribution < -0.4 is 0 Å². The van der Waals surface area contributed by atoms with Gasteiger partial charge in [0.15, 0.2) is 0 Å². The fraction of sp³-hybridized carbons (Fsp3) is 0.364. The summed E-state index contributed by atoms with van der Waals surface area (Å²) in [7, 11) is -0.195. The normalized spacial score (nSPS) is 15.1. The molecule has 8 nitrogen and oxygen atoms in total. The zero-order valence-electron chi connectivity index (χ0n) is 18.3. The molecule has 0 N–H and O–H groups in total. The Hall–Kier alpha value is -2.53. The lowest BCUT2D eigenvalue weighted by molar-refractivity contribution is 0.0730. The number of hydrogen-bond donors (Lipinski definition) is 0. The van der Waals surface area contributed by atoms with E-state index in [9.17, 15) is 13.2 Å². The Morgan fingerprint density at radius 2 is 1.97 bits per heavy atom. The van der Waals surface area contributed by atoms with Crippen LogP contribution in [0.4, 0.5) is 0 Å². The van der Waals surface area contributed by atoms with E-state index in [1.165, 1.54) is 10.4 Å². The van der Waals surface area contributed by atoms with Gasteiger partial charge in [-0.1, -0.05) is 0 Å². The van der Waals surface area contributed by atoms with Crippen molar-refractivity contribution in [2.45, 2.75) is 18.4 Å². The maximum absolute atomic E-state index is 13.4. The molecule has 0 bridgehead atoms. The average Bonchev–Trinajstić information content (AvgIpc) is 3.41. The van der Waals surface area contributed by atoms with Crippen LogP contribution in [0.3, 0.4) is 0 Å². The molecule has 0 spiro atoms. The summed E-state index contributed by atoms with van der Waals surface area (Å²) in [5.74, 6) is 0.480. The molecule has 1 aliphatic rings. The van der Waals surface area contributed by atoms with Gasteiger partial charge in [0, 0.05) is 54.9 Å². The predicted molar refractivity (Wildman–Crippen MR) is 123 cm³/mol. The Balaban J connectivity index is 1.73. The number of sulfonamides is 1. The van der Waals surface area contributed by atoms with E-state index in [4.69, 9.17) is 4.74 Å². The molecule has 0 radical (unpaired) electrons. The Labute approximate surface area is 192 Å². The van der Waals surface area contributed by atoms with Crippen molar-refractivity contribution in [2.75, 3.05) is 33.4 Å². The van der Waals surface area contributed by atoms with Gasteiger partial charge in [0.2, 0.25) is 10.0 Å². The van der Waals surface area contributed by atoms with E-state index in [0.29, 0.717) is 44.0 Å². The maximum atomic E-state index is 13.4. The summed E-state index contributed by atoms with van der Waals surface area (Å²) in [5, 5.41) is 0. The summed E-state index contributed by atoms with van der Waals surface area (Å²) in [6, 6.07) is 8.84. The first-order valence-electron chi connectivity index (χ1n) is 10.3. The number of benzene rings is 1. The SMILES string of the molecule is Cc1ccc(-c2cc(C(=O)N(C)Cc3nccn3C)cc(S(=O)(=O)N3CCOCC3)c2)s1. The van der Waals surface area contributed by atoms with E-state index in [-0.39, 0.29) is 10.8 Å². The number of amides is 1. The van der Waals surface area contributed by atoms with Crippen molar-refractivity contribution in [3.63, 3.8) is 0 Å². The van der Waals surface area contributed by atoms with E-state index in [2.05, 4.69) is 4.98 Å². The predicted octanol–water partition coefficient (Wildman–Crippen LogP) is 2.75. The molecule has 1 fully saturated rings. The molecule has 4 rings (SSSR count). The molecule has 1 aliphatic heterocycles. The van der Waals surface area contributed by atoms with Gasteiger partial charge in [-0.25, -0.2) is 13.4 Å². The van der Waals surface area contributed by atoms with Crippen LogP contribution in [0.5, 0.6) is 0 Å². The van der Waals surface area contributed by atoms with Crippen molar-refractivity contribution >= 4 is 27.3 Å². The highest BCUT2D eigenvalue weighted by atomic mass is 32.2. The molecule has 3 heterocycles. The van der Waals surface area contributed by atoms with Gasteiger partial charge in [-0.3, -0.25) is 4.79 Å². The zero-order chi connectivity index (χ0) is 22.9. The number of ether oxygens (including phenoxy) is 1. The van der Waals surface area contributed by atoms with Crippen LogP contribution in [0.25, 0.3) is 10.4 Å². The number of rotatable bonds is 6. The summed E-state index contributed by atoms with van der Waals surface area (Å²) in [6.45, 7) is 3.63. The maximum Gasteiger partial charge on any atom is 0.254 e. The highest BCUT2D eigenvalue weighted by Crippen LogP contribution is 2.32. The first-order valence-corrected chi connectivity index (χ1v) is 12.5. The number of hydrogen-bond acceptors (Lipinski definition) is 6. The van der Waals surface area contributed by atoms with Gasteiger partial charge in [-0.15, -0.1) is 11.3 Å². The van der Waals surface area contributed by atoms with E-state index in [1.54, 1.807) is 41.6 Å². The molecule has 170 valence electrons. The smallest absolute Gasteiger partial charge is 0.254 e. The van der Waals surface area contributed by atoms with Crippen molar-refractivity contribution in [3.05, 3.63) is 59.0 Å². The first-order chi connectivity index (χ1) is 15.3. The lowest BCUT2D eigenvalue weighted by atomic mass is 10.1. The van der Waals surface area contributed by atoms with E-state index < -0.39 is 10.0 Å². The second-order valence-electron chi connectivity index (χ2n) is 7.79. The summed E-state index contributed by atoms with van der Waals surface area (Å²) in [4.78, 5) is 21.3. The van der Waals surface area contributed by atoms with Crippen LogP contribution in [0.2, 0.25) is 0 Å². The number of carbonyl (C=O) groups is 1. The quantitative estimate of drug-likeness (QED) is 0.549. The summed E-state index contributed by atoms with van der Waals surface area (Å²) in [5.41, 5.74) is 1.04. The third kappa shape index (κ3) is 4.63. The fourth-order valence-corrected chi connectivity index (χ4v) is 5.93. The standard InChI is InChI=1S/C22H26N4O4S2/c1-16-4-5-20(31-16)17-12-18(22(27)25(3)15-21-23-6-7-24(21)2)14-19(13-17)32(28,29)26-8-10-30-11-9-26/h4-7,12-14H,8-11,15H2,1-3H3. The molecular formula is C22H26N4O4S2. The van der Waals surface area contributed by atoms with Crippen molar-refractivity contribution in [3.8, 4) is 10.4 Å². The Bertz CT molecular complexity index is 1230. The summed E-state index contributed by atoms with van der Waals surface area (Å²) < 4.78 is 35.3. The minimum absolute atomic E-state index is 0.122. The van der Waals surface area contributed by atoms with Crippen LogP contribution in [-0.4, -0.2) is 66.4 Å². The van der Waals surface area contributed by atoms with Gasteiger partial charge < -0.3 is 14.2 Å². The van der Waals surface area contributed by atoms with E-state index in [1.807, 2.05) is 36.9 Å². The Morgan fingerprint density at radius 1 is 1.22 bits per heavy atom. The third-order valence-corrected chi connectivity index (χ3v) is 8.36. The number of aryl methyl sites for hydroxylation is 2. The molecule has 1 saturated heterocycles. The Morgan fingerprint density at radius 3 is 2.59 bits per heavy atom. The summed E-state index contributed by atoms with van der Waals surface area (Å²) >= 11 is 1.56. The highest BCUT2D eigenvalue weighted by molar-refractivity contribution is 7.89. The monoisotopic (exact) mass is 474 g/mol. The number of morpholine rings is 1. The van der Waals surface area contributed by atoms with Crippen molar-refractivity contribution in [2.24, 2.45) is 7.05 Å². The average molecular weight is 475 g/mol.